The van der Waals surface area contributed by atoms with Crippen LogP contribution in [0, 0.1) is 12.3 Å². The van der Waals surface area contributed by atoms with Crippen LogP contribution in [-0.4, -0.2) is 35.1 Å². The van der Waals surface area contributed by atoms with Crippen molar-refractivity contribution in [2.75, 3.05) is 13.1 Å². The highest BCUT2D eigenvalue weighted by atomic mass is 16.4. The zero-order chi connectivity index (χ0) is 10.4. The second-order valence-electron chi connectivity index (χ2n) is 3.76. The van der Waals surface area contributed by atoms with Crippen LogP contribution in [-0.2, 0) is 4.79 Å². The van der Waals surface area contributed by atoms with E-state index in [9.17, 15) is 4.79 Å². The summed E-state index contributed by atoms with van der Waals surface area (Å²) in [6.07, 6.45) is 9.74. The van der Waals surface area contributed by atoms with Crippen molar-refractivity contribution in [3.8, 4) is 12.3 Å². The van der Waals surface area contributed by atoms with Crippen molar-refractivity contribution in [2.24, 2.45) is 0 Å². The van der Waals surface area contributed by atoms with Crippen LogP contribution in [0.4, 0.5) is 0 Å². The van der Waals surface area contributed by atoms with Crippen molar-refractivity contribution < 1.29 is 9.90 Å². The van der Waals surface area contributed by atoms with Gasteiger partial charge in [-0.05, 0) is 25.8 Å². The van der Waals surface area contributed by atoms with Gasteiger partial charge in [0.1, 0.15) is 0 Å². The monoisotopic (exact) mass is 195 g/mol. The fourth-order valence-electron chi connectivity index (χ4n) is 2.00. The lowest BCUT2D eigenvalue weighted by molar-refractivity contribution is -0.137. The normalized spacial score (nSPS) is 22.9. The molecule has 0 aromatic rings. The maximum absolute atomic E-state index is 10.4. The van der Waals surface area contributed by atoms with Crippen molar-refractivity contribution in [1.29, 1.82) is 0 Å². The average Bonchev–Trinajstić information content (AvgIpc) is 2.17. The van der Waals surface area contributed by atoms with Crippen molar-refractivity contribution >= 4 is 5.97 Å². The molecule has 14 heavy (non-hydrogen) atoms. The molecule has 1 rings (SSSR count). The van der Waals surface area contributed by atoms with Crippen LogP contribution < -0.4 is 0 Å². The first-order valence-corrected chi connectivity index (χ1v) is 5.13. The second kappa shape index (κ2) is 5.66. The molecule has 0 aromatic heterocycles. The second-order valence-corrected chi connectivity index (χ2v) is 3.76. The molecular weight excluding hydrogens is 178 g/mol. The molecule has 1 heterocycles. The predicted molar refractivity (Wildman–Crippen MR) is 54.9 cm³/mol. The number of piperidine rings is 1. The van der Waals surface area contributed by atoms with Gasteiger partial charge < -0.3 is 5.11 Å². The molecule has 0 bridgehead atoms. The molecule has 1 atom stereocenters. The Morgan fingerprint density at radius 1 is 1.57 bits per heavy atom. The summed E-state index contributed by atoms with van der Waals surface area (Å²) >= 11 is 0. The van der Waals surface area contributed by atoms with E-state index < -0.39 is 5.97 Å². The van der Waals surface area contributed by atoms with E-state index >= 15 is 0 Å². The highest BCUT2D eigenvalue weighted by Gasteiger charge is 2.21. The highest BCUT2D eigenvalue weighted by molar-refractivity contribution is 5.66. The Bertz CT molecular complexity index is 232. The Morgan fingerprint density at radius 2 is 2.36 bits per heavy atom. The maximum Gasteiger partial charge on any atom is 0.303 e. The number of carboxylic acids is 1. The smallest absolute Gasteiger partial charge is 0.303 e. The molecule has 0 saturated carbocycles. The first kappa shape index (κ1) is 11.1. The molecule has 1 saturated heterocycles. The number of carbonyl (C=O) groups is 1. The lowest BCUT2D eigenvalue weighted by atomic mass is 9.98. The summed E-state index contributed by atoms with van der Waals surface area (Å²) in [6.45, 7) is 1.68. The van der Waals surface area contributed by atoms with Gasteiger partial charge in [-0.3, -0.25) is 9.69 Å². The summed E-state index contributed by atoms with van der Waals surface area (Å²) < 4.78 is 0. The quantitative estimate of drug-likeness (QED) is 0.688. The lowest BCUT2D eigenvalue weighted by Crippen LogP contribution is -2.39. The van der Waals surface area contributed by atoms with Gasteiger partial charge in [-0.2, -0.15) is 0 Å². The maximum atomic E-state index is 10.4. The third-order valence-electron chi connectivity index (χ3n) is 2.73. The van der Waals surface area contributed by atoms with E-state index in [1.165, 1.54) is 12.8 Å². The Hall–Kier alpha value is -1.01. The van der Waals surface area contributed by atoms with E-state index in [0.717, 1.165) is 19.4 Å². The Balaban J connectivity index is 2.38. The highest BCUT2D eigenvalue weighted by Crippen LogP contribution is 2.20. The summed E-state index contributed by atoms with van der Waals surface area (Å²) in [5.41, 5.74) is 0. The fourth-order valence-corrected chi connectivity index (χ4v) is 2.00. The molecule has 1 fully saturated rings. The zero-order valence-electron chi connectivity index (χ0n) is 8.41. The Morgan fingerprint density at radius 3 is 3.00 bits per heavy atom. The molecule has 3 nitrogen and oxygen atoms in total. The topological polar surface area (TPSA) is 40.5 Å². The van der Waals surface area contributed by atoms with Gasteiger partial charge in [-0.15, -0.1) is 6.42 Å². The molecular formula is C11H17NO2. The molecule has 0 amide bonds. The molecule has 3 heteroatoms. The van der Waals surface area contributed by atoms with Gasteiger partial charge in [0.25, 0.3) is 0 Å². The summed E-state index contributed by atoms with van der Waals surface area (Å²) in [6, 6.07) is 0.385. The van der Waals surface area contributed by atoms with Crippen molar-refractivity contribution in [2.45, 2.75) is 38.1 Å². The van der Waals surface area contributed by atoms with Gasteiger partial charge in [0, 0.05) is 12.5 Å². The van der Waals surface area contributed by atoms with Gasteiger partial charge in [0.15, 0.2) is 0 Å². The number of terminal acetylenes is 1. The zero-order valence-corrected chi connectivity index (χ0v) is 8.41. The van der Waals surface area contributed by atoms with Crippen LogP contribution in [0.25, 0.3) is 0 Å². The van der Waals surface area contributed by atoms with Gasteiger partial charge in [-0.25, -0.2) is 0 Å². The third kappa shape index (κ3) is 3.39. The molecule has 78 valence electrons. The predicted octanol–water partition coefficient (Wildman–Crippen LogP) is 1.34. The first-order chi connectivity index (χ1) is 6.74. The average molecular weight is 195 g/mol. The number of likely N-dealkylation sites (tertiary alicyclic amines) is 1. The first-order valence-electron chi connectivity index (χ1n) is 5.13. The standard InChI is InChI=1S/C11H17NO2/c1-2-8-12-9-4-3-5-10(12)6-7-11(13)14/h1,10H,3-9H2,(H,13,14). The fraction of sp³-hybridized carbons (Fsp3) is 0.727. The van der Waals surface area contributed by atoms with Crippen LogP contribution in [0.2, 0.25) is 0 Å². The molecule has 0 aliphatic carbocycles. The minimum atomic E-state index is -0.712. The lowest BCUT2D eigenvalue weighted by Gasteiger charge is -2.34. The molecule has 1 aliphatic heterocycles. The molecule has 0 aromatic carbocycles. The van der Waals surface area contributed by atoms with Gasteiger partial charge in [0.05, 0.1) is 6.54 Å². The van der Waals surface area contributed by atoms with Crippen LogP contribution in [0.3, 0.4) is 0 Å². The van der Waals surface area contributed by atoms with Gasteiger partial charge in [-0.1, -0.05) is 12.3 Å². The number of nitrogens with zero attached hydrogens (tertiary/aromatic N) is 1. The summed E-state index contributed by atoms with van der Waals surface area (Å²) in [5, 5.41) is 8.60. The summed E-state index contributed by atoms with van der Waals surface area (Å²) in [5.74, 6) is 1.92. The Labute approximate surface area is 85.1 Å². The van der Waals surface area contributed by atoms with Crippen molar-refractivity contribution in [3.63, 3.8) is 0 Å². The number of hydrogen-bond acceptors (Lipinski definition) is 2. The van der Waals surface area contributed by atoms with E-state index in [1.807, 2.05) is 0 Å². The number of carboxylic acid groups (broad SMARTS) is 1. The van der Waals surface area contributed by atoms with Crippen LogP contribution in [0.1, 0.15) is 32.1 Å². The van der Waals surface area contributed by atoms with Crippen molar-refractivity contribution in [1.82, 2.24) is 4.90 Å². The van der Waals surface area contributed by atoms with Gasteiger partial charge >= 0.3 is 5.97 Å². The van der Waals surface area contributed by atoms with Crippen LogP contribution in [0.15, 0.2) is 0 Å². The van der Waals surface area contributed by atoms with Gasteiger partial charge in [0.2, 0.25) is 0 Å². The SMILES string of the molecule is C#CCN1CCCCC1CCC(=O)O. The molecule has 1 unspecified atom stereocenters. The molecule has 1 N–H and O–H groups in total. The minimum Gasteiger partial charge on any atom is -0.481 e. The largest absolute Gasteiger partial charge is 0.481 e. The van der Waals surface area contributed by atoms with E-state index in [-0.39, 0.29) is 6.42 Å². The number of aliphatic carboxylic acids is 1. The van der Waals surface area contributed by atoms with E-state index in [2.05, 4.69) is 10.8 Å². The Kier molecular flexibility index (Phi) is 4.48. The molecule has 1 aliphatic rings. The third-order valence-corrected chi connectivity index (χ3v) is 2.73. The summed E-state index contributed by atoms with van der Waals surface area (Å²) in [7, 11) is 0. The molecule has 0 spiro atoms. The molecule has 0 radical (unpaired) electrons. The summed E-state index contributed by atoms with van der Waals surface area (Å²) in [4.78, 5) is 12.7. The van der Waals surface area contributed by atoms with Crippen molar-refractivity contribution in [3.05, 3.63) is 0 Å². The minimum absolute atomic E-state index is 0.256. The number of rotatable bonds is 4. The van der Waals surface area contributed by atoms with E-state index in [4.69, 9.17) is 11.5 Å². The van der Waals surface area contributed by atoms with Crippen LogP contribution in [0.5, 0.6) is 0 Å². The van der Waals surface area contributed by atoms with E-state index in [1.54, 1.807) is 0 Å². The van der Waals surface area contributed by atoms with Crippen LogP contribution >= 0.6 is 0 Å². The van der Waals surface area contributed by atoms with E-state index in [0.29, 0.717) is 12.6 Å². The number of hydrogen-bond donors (Lipinski definition) is 1.